The second kappa shape index (κ2) is 7.48. The molecule has 1 aromatic carbocycles. The molecule has 0 fully saturated rings. The van der Waals surface area contributed by atoms with E-state index in [4.69, 9.17) is 4.74 Å². The molecule has 2 N–H and O–H groups in total. The molecule has 1 heterocycles. The standard InChI is InChI=1S/C18H23N3O4/c1-18(2,3)25-11-15(12-8-6-5-7-9-12)21-14(17(23)24)10-13(20-21)16(22)19-4/h5-10,15H,11H2,1-4H3,(H,19,22)(H,23,24). The number of ether oxygens (including phenoxy) is 1. The zero-order valence-electron chi connectivity index (χ0n) is 14.8. The molecule has 0 bridgehead atoms. The Labute approximate surface area is 146 Å². The fraction of sp³-hybridized carbons (Fsp3) is 0.389. The van der Waals surface area contributed by atoms with E-state index in [0.29, 0.717) is 0 Å². The second-order valence-electron chi connectivity index (χ2n) is 6.59. The third kappa shape index (κ3) is 4.67. The number of benzene rings is 1. The Morgan fingerprint density at radius 2 is 1.92 bits per heavy atom. The average molecular weight is 345 g/mol. The van der Waals surface area contributed by atoms with Gasteiger partial charge in [-0.05, 0) is 26.3 Å². The zero-order valence-corrected chi connectivity index (χ0v) is 14.8. The topological polar surface area (TPSA) is 93.5 Å². The van der Waals surface area contributed by atoms with E-state index in [2.05, 4.69) is 10.4 Å². The first-order valence-electron chi connectivity index (χ1n) is 7.97. The largest absolute Gasteiger partial charge is 0.477 e. The van der Waals surface area contributed by atoms with Gasteiger partial charge in [-0.2, -0.15) is 5.10 Å². The summed E-state index contributed by atoms with van der Waals surface area (Å²) in [4.78, 5) is 23.5. The summed E-state index contributed by atoms with van der Waals surface area (Å²) in [6, 6.07) is 10.2. The Bertz CT molecular complexity index is 747. The van der Waals surface area contributed by atoms with Crippen molar-refractivity contribution in [3.8, 4) is 0 Å². The third-order valence-corrected chi connectivity index (χ3v) is 3.57. The molecule has 1 unspecified atom stereocenters. The lowest BCUT2D eigenvalue weighted by Gasteiger charge is -2.25. The number of nitrogens with zero attached hydrogens (tertiary/aromatic N) is 2. The van der Waals surface area contributed by atoms with Crippen LogP contribution in [0.4, 0.5) is 0 Å². The molecule has 2 aromatic rings. The molecule has 0 spiro atoms. The van der Waals surface area contributed by atoms with E-state index >= 15 is 0 Å². The lowest BCUT2D eigenvalue weighted by molar-refractivity contribution is -0.0160. The van der Waals surface area contributed by atoms with Crippen LogP contribution < -0.4 is 5.32 Å². The molecule has 0 saturated carbocycles. The molecular weight excluding hydrogens is 322 g/mol. The number of aromatic nitrogens is 2. The van der Waals surface area contributed by atoms with Gasteiger partial charge in [-0.1, -0.05) is 30.3 Å². The van der Waals surface area contributed by atoms with Gasteiger partial charge in [-0.15, -0.1) is 0 Å². The molecule has 0 aliphatic carbocycles. The number of carbonyl (C=O) groups excluding carboxylic acids is 1. The summed E-state index contributed by atoms with van der Waals surface area (Å²) < 4.78 is 7.22. The molecule has 1 aromatic heterocycles. The predicted molar refractivity (Wildman–Crippen MR) is 92.9 cm³/mol. The van der Waals surface area contributed by atoms with Crippen LogP contribution >= 0.6 is 0 Å². The van der Waals surface area contributed by atoms with Crippen LogP contribution in [0.2, 0.25) is 0 Å². The van der Waals surface area contributed by atoms with E-state index in [1.807, 2.05) is 51.1 Å². The van der Waals surface area contributed by atoms with Crippen LogP contribution in [0.3, 0.4) is 0 Å². The number of aromatic carboxylic acids is 1. The normalized spacial score (nSPS) is 12.6. The van der Waals surface area contributed by atoms with Crippen LogP contribution in [0.15, 0.2) is 36.4 Å². The lowest BCUT2D eigenvalue weighted by atomic mass is 10.1. The van der Waals surface area contributed by atoms with Crippen molar-refractivity contribution in [3.63, 3.8) is 0 Å². The molecule has 0 aliphatic rings. The van der Waals surface area contributed by atoms with Gasteiger partial charge in [0.1, 0.15) is 11.7 Å². The Morgan fingerprint density at radius 1 is 1.28 bits per heavy atom. The van der Waals surface area contributed by atoms with E-state index in [-0.39, 0.29) is 18.0 Å². The molecule has 0 aliphatic heterocycles. The molecule has 0 radical (unpaired) electrons. The summed E-state index contributed by atoms with van der Waals surface area (Å²) in [5.41, 5.74) is 0.440. The molecular formula is C18H23N3O4. The van der Waals surface area contributed by atoms with E-state index in [1.54, 1.807) is 0 Å². The van der Waals surface area contributed by atoms with Crippen LogP contribution in [-0.2, 0) is 4.74 Å². The highest BCUT2D eigenvalue weighted by molar-refractivity contribution is 5.95. The first kappa shape index (κ1) is 18.7. The molecule has 7 heteroatoms. The maximum atomic E-state index is 11.9. The highest BCUT2D eigenvalue weighted by Gasteiger charge is 2.26. The fourth-order valence-corrected chi connectivity index (χ4v) is 2.34. The van der Waals surface area contributed by atoms with Crippen molar-refractivity contribution in [2.45, 2.75) is 32.4 Å². The van der Waals surface area contributed by atoms with Crippen LogP contribution in [0.25, 0.3) is 0 Å². The Kier molecular flexibility index (Phi) is 5.58. The van der Waals surface area contributed by atoms with Crippen molar-refractivity contribution < 1.29 is 19.4 Å². The van der Waals surface area contributed by atoms with Gasteiger partial charge in [-0.3, -0.25) is 4.79 Å². The SMILES string of the molecule is CNC(=O)c1cc(C(=O)O)n(C(COC(C)(C)C)c2ccccc2)n1. The molecule has 1 atom stereocenters. The molecule has 134 valence electrons. The number of hydrogen-bond acceptors (Lipinski definition) is 4. The van der Waals surface area contributed by atoms with Gasteiger partial charge in [0.15, 0.2) is 5.69 Å². The van der Waals surface area contributed by atoms with Gasteiger partial charge < -0.3 is 15.2 Å². The van der Waals surface area contributed by atoms with Gasteiger partial charge in [-0.25, -0.2) is 9.48 Å². The summed E-state index contributed by atoms with van der Waals surface area (Å²) in [7, 11) is 1.47. The smallest absolute Gasteiger partial charge is 0.354 e. The predicted octanol–water partition coefficient (Wildman–Crippen LogP) is 2.35. The monoisotopic (exact) mass is 345 g/mol. The number of nitrogens with one attached hydrogen (secondary N) is 1. The van der Waals surface area contributed by atoms with Crippen LogP contribution in [0.1, 0.15) is 53.4 Å². The van der Waals surface area contributed by atoms with Crippen molar-refractivity contribution in [3.05, 3.63) is 53.3 Å². The van der Waals surface area contributed by atoms with Gasteiger partial charge in [0.2, 0.25) is 0 Å². The quantitative estimate of drug-likeness (QED) is 0.838. The molecule has 0 saturated heterocycles. The number of carboxylic acid groups (broad SMARTS) is 1. The Hall–Kier alpha value is -2.67. The minimum absolute atomic E-state index is 0.0524. The third-order valence-electron chi connectivity index (χ3n) is 3.57. The highest BCUT2D eigenvalue weighted by Crippen LogP contribution is 2.23. The summed E-state index contributed by atoms with van der Waals surface area (Å²) >= 11 is 0. The van der Waals surface area contributed by atoms with Gasteiger partial charge >= 0.3 is 5.97 Å². The van der Waals surface area contributed by atoms with Crippen molar-refractivity contribution in [2.75, 3.05) is 13.7 Å². The van der Waals surface area contributed by atoms with Crippen molar-refractivity contribution in [1.82, 2.24) is 15.1 Å². The maximum absolute atomic E-state index is 11.9. The highest BCUT2D eigenvalue weighted by atomic mass is 16.5. The number of amides is 1. The summed E-state index contributed by atoms with van der Waals surface area (Å²) in [5.74, 6) is -1.59. The Balaban J connectivity index is 2.51. The molecule has 2 rings (SSSR count). The molecule has 25 heavy (non-hydrogen) atoms. The molecule has 7 nitrogen and oxygen atoms in total. The zero-order chi connectivity index (χ0) is 18.6. The fourth-order valence-electron chi connectivity index (χ4n) is 2.34. The minimum atomic E-state index is -1.15. The number of rotatable bonds is 6. The van der Waals surface area contributed by atoms with E-state index in [9.17, 15) is 14.7 Å². The van der Waals surface area contributed by atoms with E-state index in [1.165, 1.54) is 17.8 Å². The molecule has 1 amide bonds. The number of carboxylic acids is 1. The van der Waals surface area contributed by atoms with Crippen molar-refractivity contribution >= 4 is 11.9 Å². The van der Waals surface area contributed by atoms with Crippen molar-refractivity contribution in [2.24, 2.45) is 0 Å². The number of hydrogen-bond donors (Lipinski definition) is 2. The van der Waals surface area contributed by atoms with Gasteiger partial charge in [0.25, 0.3) is 5.91 Å². The lowest BCUT2D eigenvalue weighted by Crippen LogP contribution is -2.28. The van der Waals surface area contributed by atoms with Crippen LogP contribution in [0.5, 0.6) is 0 Å². The van der Waals surface area contributed by atoms with Crippen molar-refractivity contribution in [1.29, 1.82) is 0 Å². The van der Waals surface area contributed by atoms with Gasteiger partial charge in [0.05, 0.1) is 12.2 Å². The van der Waals surface area contributed by atoms with E-state index in [0.717, 1.165) is 5.56 Å². The minimum Gasteiger partial charge on any atom is -0.477 e. The summed E-state index contributed by atoms with van der Waals surface area (Å²) in [6.07, 6.45) is 0. The first-order chi connectivity index (χ1) is 11.7. The second-order valence-corrected chi connectivity index (χ2v) is 6.59. The van der Waals surface area contributed by atoms with Crippen LogP contribution in [-0.4, -0.2) is 46.0 Å². The number of carbonyl (C=O) groups is 2. The first-order valence-corrected chi connectivity index (χ1v) is 7.97. The van der Waals surface area contributed by atoms with E-state index < -0.39 is 23.5 Å². The average Bonchev–Trinajstić information content (AvgIpc) is 2.99. The Morgan fingerprint density at radius 3 is 2.44 bits per heavy atom. The summed E-state index contributed by atoms with van der Waals surface area (Å²) in [6.45, 7) is 5.99. The summed E-state index contributed by atoms with van der Waals surface area (Å²) in [5, 5.41) is 16.2. The van der Waals surface area contributed by atoms with Crippen LogP contribution in [0, 0.1) is 0 Å². The van der Waals surface area contributed by atoms with Gasteiger partial charge in [0, 0.05) is 13.1 Å². The maximum Gasteiger partial charge on any atom is 0.354 e.